The van der Waals surface area contributed by atoms with Crippen molar-refractivity contribution in [3.05, 3.63) is 16.1 Å². The van der Waals surface area contributed by atoms with Gasteiger partial charge in [0.2, 0.25) is 0 Å². The number of nitrogens with zero attached hydrogens (tertiary/aromatic N) is 1. The molecule has 0 radical (unpaired) electrons. The van der Waals surface area contributed by atoms with Crippen LogP contribution in [0, 0.1) is 0 Å². The predicted octanol–water partition coefficient (Wildman–Crippen LogP) is 2.15. The topological polar surface area (TPSA) is 55.0 Å². The molecule has 2 heterocycles. The van der Waals surface area contributed by atoms with Crippen molar-refractivity contribution in [2.24, 2.45) is 0 Å². The van der Waals surface area contributed by atoms with Crippen molar-refractivity contribution < 1.29 is 9.53 Å². The third-order valence-corrected chi connectivity index (χ3v) is 2.99. The van der Waals surface area contributed by atoms with E-state index < -0.39 is 0 Å². The van der Waals surface area contributed by atoms with Gasteiger partial charge in [-0.25, -0.2) is 9.78 Å². The molecule has 0 unspecified atom stereocenters. The lowest BCUT2D eigenvalue weighted by atomic mass is 10.4. The largest absolute Gasteiger partial charge is 0.465 e. The minimum atomic E-state index is -0.363. The molecular weight excluding hydrogens is 224 g/mol. The molecule has 0 amide bonds. The monoisotopic (exact) mass is 230 g/mol. The van der Waals surface area contributed by atoms with Gasteiger partial charge in [-0.05, 0) is 0 Å². The molecular formula is C8H7ClN2O2S. The molecule has 1 N–H and O–H groups in total. The molecule has 2 aromatic heterocycles. The van der Waals surface area contributed by atoms with E-state index in [1.54, 1.807) is 0 Å². The van der Waals surface area contributed by atoms with Crippen molar-refractivity contribution in [3.63, 3.8) is 0 Å². The van der Waals surface area contributed by atoms with Crippen LogP contribution < -0.4 is 0 Å². The molecule has 0 aliphatic rings. The van der Waals surface area contributed by atoms with Gasteiger partial charge in [0, 0.05) is 5.38 Å². The van der Waals surface area contributed by atoms with Crippen LogP contribution in [0.4, 0.5) is 0 Å². The Labute approximate surface area is 88.9 Å². The number of imidazole rings is 1. The van der Waals surface area contributed by atoms with Gasteiger partial charge in [0.25, 0.3) is 0 Å². The molecule has 0 saturated carbocycles. The quantitative estimate of drug-likeness (QED) is 0.635. The first-order chi connectivity index (χ1) is 6.76. The molecule has 0 aliphatic carbocycles. The Kier molecular flexibility index (Phi) is 2.43. The summed E-state index contributed by atoms with van der Waals surface area (Å²) < 4.78 is 4.63. The van der Waals surface area contributed by atoms with Gasteiger partial charge < -0.3 is 9.72 Å². The fraction of sp³-hybridized carbons (Fsp3) is 0.250. The first-order valence-corrected chi connectivity index (χ1v) is 5.28. The summed E-state index contributed by atoms with van der Waals surface area (Å²) in [6.45, 7) is 0. The van der Waals surface area contributed by atoms with Crippen molar-refractivity contribution >= 4 is 39.9 Å². The average Bonchev–Trinajstić information content (AvgIpc) is 2.74. The summed E-state index contributed by atoms with van der Waals surface area (Å²) in [5, 5.41) is 1.82. The van der Waals surface area contributed by atoms with Crippen LogP contribution in [0.5, 0.6) is 0 Å². The Hall–Kier alpha value is -1.07. The lowest BCUT2D eigenvalue weighted by molar-refractivity contribution is 0.0608. The lowest BCUT2D eigenvalue weighted by Crippen LogP contribution is -1.98. The number of rotatable bonds is 2. The summed E-state index contributed by atoms with van der Waals surface area (Å²) in [7, 11) is 1.35. The molecule has 0 bridgehead atoms. The van der Waals surface area contributed by atoms with Crippen molar-refractivity contribution in [2.45, 2.75) is 5.88 Å². The summed E-state index contributed by atoms with van der Waals surface area (Å²) in [5.41, 5.74) is 1.46. The molecule has 0 atom stereocenters. The number of carbonyl (C=O) groups excluding carboxylic acids is 1. The van der Waals surface area contributed by atoms with Gasteiger partial charge in [-0.2, -0.15) is 0 Å². The maximum absolute atomic E-state index is 11.3. The number of thiophene rings is 1. The van der Waals surface area contributed by atoms with Gasteiger partial charge in [-0.3, -0.25) is 0 Å². The van der Waals surface area contributed by atoms with Crippen LogP contribution in [0.2, 0.25) is 0 Å². The number of H-pyrrole nitrogens is 1. The van der Waals surface area contributed by atoms with Crippen molar-refractivity contribution in [1.82, 2.24) is 9.97 Å². The number of aromatic amines is 1. The molecule has 0 aromatic carbocycles. The highest BCUT2D eigenvalue weighted by Crippen LogP contribution is 2.24. The van der Waals surface area contributed by atoms with Crippen LogP contribution in [0.1, 0.15) is 15.5 Å². The highest BCUT2D eigenvalue weighted by Gasteiger charge is 2.16. The van der Waals surface area contributed by atoms with Crippen molar-refractivity contribution in [1.29, 1.82) is 0 Å². The zero-order valence-corrected chi connectivity index (χ0v) is 8.91. The molecule has 0 saturated heterocycles. The number of aromatic nitrogens is 2. The summed E-state index contributed by atoms with van der Waals surface area (Å²) in [5.74, 6) is 0.604. The Balaban J connectivity index is 2.55. The minimum Gasteiger partial charge on any atom is -0.465 e. The third kappa shape index (κ3) is 1.38. The number of nitrogens with one attached hydrogen (secondary N) is 1. The summed E-state index contributed by atoms with van der Waals surface area (Å²) in [6, 6.07) is 0. The van der Waals surface area contributed by atoms with E-state index in [0.717, 1.165) is 5.52 Å². The molecule has 4 nitrogen and oxygen atoms in total. The molecule has 0 fully saturated rings. The van der Waals surface area contributed by atoms with Crippen LogP contribution in [0.3, 0.4) is 0 Å². The Morgan fingerprint density at radius 3 is 3.21 bits per heavy atom. The SMILES string of the molecule is COC(=O)c1scc2[nH]c(CCl)nc12. The van der Waals surface area contributed by atoms with E-state index in [4.69, 9.17) is 11.6 Å². The van der Waals surface area contributed by atoms with Crippen LogP contribution in [-0.2, 0) is 10.6 Å². The van der Waals surface area contributed by atoms with Gasteiger partial charge in [0.05, 0.1) is 18.5 Å². The van der Waals surface area contributed by atoms with Crippen LogP contribution in [0.15, 0.2) is 5.38 Å². The third-order valence-electron chi connectivity index (χ3n) is 1.79. The maximum Gasteiger partial charge on any atom is 0.350 e. The zero-order valence-electron chi connectivity index (χ0n) is 7.33. The number of hydrogen-bond acceptors (Lipinski definition) is 4. The predicted molar refractivity (Wildman–Crippen MR) is 54.9 cm³/mol. The molecule has 14 heavy (non-hydrogen) atoms. The molecule has 2 rings (SSSR count). The Bertz CT molecular complexity index is 477. The van der Waals surface area contributed by atoms with E-state index in [9.17, 15) is 4.79 Å². The molecule has 0 aliphatic heterocycles. The van der Waals surface area contributed by atoms with E-state index in [1.165, 1.54) is 18.4 Å². The summed E-state index contributed by atoms with van der Waals surface area (Å²) in [6.07, 6.45) is 0. The Morgan fingerprint density at radius 2 is 2.57 bits per heavy atom. The highest BCUT2D eigenvalue weighted by molar-refractivity contribution is 7.13. The first kappa shape index (κ1) is 9.48. The molecule has 6 heteroatoms. The van der Waals surface area contributed by atoms with Crippen LogP contribution >= 0.6 is 22.9 Å². The standard InChI is InChI=1S/C8H7ClN2O2S/c1-13-8(12)7-6-4(3-14-7)10-5(2-9)11-6/h3H,2H2,1H3,(H,10,11). The number of hydrogen-bond donors (Lipinski definition) is 1. The van der Waals surface area contributed by atoms with E-state index in [-0.39, 0.29) is 5.97 Å². The zero-order chi connectivity index (χ0) is 10.1. The van der Waals surface area contributed by atoms with Crippen molar-refractivity contribution in [2.75, 3.05) is 7.11 Å². The van der Waals surface area contributed by atoms with E-state index in [0.29, 0.717) is 22.1 Å². The molecule has 0 spiro atoms. The number of methoxy groups -OCH3 is 1. The van der Waals surface area contributed by atoms with Gasteiger partial charge >= 0.3 is 5.97 Å². The number of halogens is 1. The lowest BCUT2D eigenvalue weighted by Gasteiger charge is -1.92. The number of ether oxygens (including phenoxy) is 1. The fourth-order valence-corrected chi connectivity index (χ4v) is 2.15. The van der Waals surface area contributed by atoms with Gasteiger partial charge in [0.1, 0.15) is 16.2 Å². The minimum absolute atomic E-state index is 0.306. The van der Waals surface area contributed by atoms with Crippen molar-refractivity contribution in [3.8, 4) is 0 Å². The summed E-state index contributed by atoms with van der Waals surface area (Å²) >= 11 is 6.92. The second-order valence-corrected chi connectivity index (χ2v) is 3.78. The van der Waals surface area contributed by atoms with E-state index >= 15 is 0 Å². The van der Waals surface area contributed by atoms with Crippen LogP contribution in [0.25, 0.3) is 11.0 Å². The first-order valence-electron chi connectivity index (χ1n) is 3.86. The summed E-state index contributed by atoms with van der Waals surface area (Å²) in [4.78, 5) is 19.0. The second-order valence-electron chi connectivity index (χ2n) is 2.64. The number of esters is 1. The number of carbonyl (C=O) groups is 1. The van der Waals surface area contributed by atoms with E-state index in [2.05, 4.69) is 14.7 Å². The van der Waals surface area contributed by atoms with Gasteiger partial charge in [-0.1, -0.05) is 0 Å². The highest BCUT2D eigenvalue weighted by atomic mass is 35.5. The smallest absolute Gasteiger partial charge is 0.350 e. The normalized spacial score (nSPS) is 10.7. The maximum atomic E-state index is 11.3. The van der Waals surface area contributed by atoms with Crippen LogP contribution in [-0.4, -0.2) is 23.0 Å². The fourth-order valence-electron chi connectivity index (χ4n) is 1.17. The molecule has 2 aromatic rings. The number of alkyl halides is 1. The number of fused-ring (bicyclic) bond motifs is 1. The molecule has 74 valence electrons. The van der Waals surface area contributed by atoms with Gasteiger partial charge in [0.15, 0.2) is 0 Å². The van der Waals surface area contributed by atoms with E-state index in [1.807, 2.05) is 5.38 Å². The van der Waals surface area contributed by atoms with Gasteiger partial charge in [-0.15, -0.1) is 22.9 Å². The average molecular weight is 231 g/mol. The Morgan fingerprint density at radius 1 is 1.79 bits per heavy atom. The second kappa shape index (κ2) is 3.59.